The smallest absolute Gasteiger partial charge is 0.264 e. The lowest BCUT2D eigenvalue weighted by Gasteiger charge is -2.48. The summed E-state index contributed by atoms with van der Waals surface area (Å²) in [6.45, 7) is 5.17. The molecule has 0 spiro atoms. The second-order valence-electron chi connectivity index (χ2n) is 14.4. The van der Waals surface area contributed by atoms with E-state index in [0.29, 0.717) is 55.8 Å². The van der Waals surface area contributed by atoms with E-state index in [1.165, 1.54) is 5.56 Å². The minimum Gasteiger partial charge on any atom is -0.487 e. The van der Waals surface area contributed by atoms with Crippen molar-refractivity contribution in [1.29, 1.82) is 0 Å². The summed E-state index contributed by atoms with van der Waals surface area (Å²) < 4.78 is 48.7. The van der Waals surface area contributed by atoms with Crippen LogP contribution in [-0.4, -0.2) is 77.2 Å². The average molecular weight is 702 g/mol. The molecule has 3 aliphatic heterocycles. The molecular formula is C37H52ClN3O6S. The average Bonchev–Trinajstić information content (AvgIpc) is 3.08. The van der Waals surface area contributed by atoms with E-state index in [-0.39, 0.29) is 18.2 Å². The van der Waals surface area contributed by atoms with Gasteiger partial charge in [-0.2, -0.15) is 0 Å². The molecule has 6 rings (SSSR count). The number of sulfonamides is 1. The minimum atomic E-state index is -3.86. The van der Waals surface area contributed by atoms with Crippen molar-refractivity contribution in [3.05, 3.63) is 58.1 Å². The molecule has 1 saturated carbocycles. The number of benzene rings is 2. The number of hydrogen-bond acceptors (Lipinski definition) is 8. The van der Waals surface area contributed by atoms with Crippen molar-refractivity contribution in [1.82, 2.24) is 9.62 Å². The maximum Gasteiger partial charge on any atom is 0.264 e. The highest BCUT2D eigenvalue weighted by Crippen LogP contribution is 2.46. The zero-order valence-electron chi connectivity index (χ0n) is 28.7. The largest absolute Gasteiger partial charge is 0.487 e. The second kappa shape index (κ2) is 15.7. The molecule has 0 radical (unpaired) electrons. The Labute approximate surface area is 291 Å². The molecule has 9 nitrogen and oxygen atoms in total. The normalized spacial score (nSPS) is 30.1. The molecule has 11 heteroatoms. The Balaban J connectivity index is 1.34. The molecule has 48 heavy (non-hydrogen) atoms. The van der Waals surface area contributed by atoms with Crippen LogP contribution < -0.4 is 14.4 Å². The number of amides is 1. The van der Waals surface area contributed by atoms with Gasteiger partial charge in [-0.05, 0) is 119 Å². The topological polar surface area (TPSA) is 97.4 Å². The number of ether oxygens (including phenoxy) is 3. The molecule has 2 bridgehead atoms. The molecule has 2 aromatic carbocycles. The van der Waals surface area contributed by atoms with Gasteiger partial charge in [-0.15, -0.1) is 0 Å². The van der Waals surface area contributed by atoms with Crippen molar-refractivity contribution in [2.24, 2.45) is 17.8 Å². The van der Waals surface area contributed by atoms with E-state index in [0.717, 1.165) is 80.7 Å². The van der Waals surface area contributed by atoms with Crippen LogP contribution in [0, 0.1) is 17.8 Å². The number of likely N-dealkylation sites (N-methyl/N-ethyl adjacent to an activating group) is 1. The summed E-state index contributed by atoms with van der Waals surface area (Å²) in [5.41, 5.74) is 3.44. The van der Waals surface area contributed by atoms with Crippen LogP contribution in [0.1, 0.15) is 86.2 Å². The third kappa shape index (κ3) is 8.15. The maximum absolute atomic E-state index is 13.5. The van der Waals surface area contributed by atoms with E-state index in [4.69, 9.17) is 25.8 Å². The van der Waals surface area contributed by atoms with Gasteiger partial charge >= 0.3 is 0 Å². The highest BCUT2D eigenvalue weighted by atomic mass is 35.5. The molecule has 4 atom stereocenters. The standard InChI is InChI=1S/C37H52ClN3O6S/c1-4-31-10-5-6-11-33(37-46-23-30(24-47-37)40(2)3)32-16-13-27(32)21-41-18-8-7-9-25-19-29(38)15-12-28(25)22-45-35-17-14-26(20-34(35)41)36(42)39-48(31,43)44/h12,14-15,17,19-20,27,30-33,37H,4-11,13,16,18,21-24H2,1-3H3,(H,39,42)/t27-,30?,31+,32+,33+,37?/m0/s1. The van der Waals surface area contributed by atoms with Crippen LogP contribution in [0.2, 0.25) is 5.02 Å². The van der Waals surface area contributed by atoms with Crippen molar-refractivity contribution in [2.75, 3.05) is 45.3 Å². The Morgan fingerprint density at radius 1 is 0.938 bits per heavy atom. The van der Waals surface area contributed by atoms with Crippen LogP contribution in [-0.2, 0) is 32.5 Å². The molecule has 1 amide bonds. The summed E-state index contributed by atoms with van der Waals surface area (Å²) >= 11 is 6.37. The zero-order valence-corrected chi connectivity index (χ0v) is 30.2. The second-order valence-corrected chi connectivity index (χ2v) is 16.8. The maximum atomic E-state index is 13.5. The van der Waals surface area contributed by atoms with Crippen LogP contribution in [0.3, 0.4) is 0 Å². The predicted octanol–water partition coefficient (Wildman–Crippen LogP) is 6.42. The van der Waals surface area contributed by atoms with Crippen LogP contribution >= 0.6 is 11.6 Å². The molecule has 1 saturated heterocycles. The first kappa shape index (κ1) is 35.5. The van der Waals surface area contributed by atoms with Gasteiger partial charge in [-0.1, -0.05) is 37.4 Å². The third-order valence-corrected chi connectivity index (χ3v) is 13.3. The summed E-state index contributed by atoms with van der Waals surface area (Å²) in [5.74, 6) is 1.20. The number of hydrogen-bond donors (Lipinski definition) is 1. The Kier molecular flexibility index (Phi) is 11.6. The van der Waals surface area contributed by atoms with Crippen LogP contribution in [0.5, 0.6) is 5.75 Å². The van der Waals surface area contributed by atoms with Gasteiger partial charge in [0.15, 0.2) is 6.29 Å². The van der Waals surface area contributed by atoms with Gasteiger partial charge in [-0.25, -0.2) is 13.1 Å². The SMILES string of the molecule is CC[C@@H]1CCCC[C@@H](C2OCC(N(C)C)CO2)[C@@H]2CC[C@H]2CN2CCCCc3cc(Cl)ccc3COc3ccc(cc32)C(=O)NS1(=O)=O. The Morgan fingerprint density at radius 3 is 2.46 bits per heavy atom. The van der Waals surface area contributed by atoms with E-state index < -0.39 is 21.2 Å². The molecule has 0 aromatic heterocycles. The first-order valence-electron chi connectivity index (χ1n) is 17.9. The Hall–Kier alpha value is -2.37. The van der Waals surface area contributed by atoms with Gasteiger partial charge in [0.25, 0.3) is 5.91 Å². The number of carbonyl (C=O) groups excluding carboxylic acids is 1. The number of nitrogens with zero attached hydrogens (tertiary/aromatic N) is 2. The summed E-state index contributed by atoms with van der Waals surface area (Å²) in [4.78, 5) is 18.0. The quantitative estimate of drug-likeness (QED) is 0.392. The molecule has 2 aromatic rings. The summed E-state index contributed by atoms with van der Waals surface area (Å²) in [6.07, 6.45) is 8.37. The van der Waals surface area contributed by atoms with Crippen molar-refractivity contribution in [2.45, 2.75) is 95.3 Å². The first-order chi connectivity index (χ1) is 23.1. The van der Waals surface area contributed by atoms with Crippen molar-refractivity contribution in [3.8, 4) is 5.75 Å². The number of nitrogens with one attached hydrogen (secondary N) is 1. The number of halogens is 1. The lowest BCUT2D eigenvalue weighted by atomic mass is 9.65. The van der Waals surface area contributed by atoms with Crippen molar-refractivity contribution < 1.29 is 27.4 Å². The summed E-state index contributed by atoms with van der Waals surface area (Å²) in [7, 11) is 0.252. The Bertz CT molecular complexity index is 1530. The summed E-state index contributed by atoms with van der Waals surface area (Å²) in [5, 5.41) is 0.0836. The molecule has 1 aliphatic carbocycles. The van der Waals surface area contributed by atoms with Gasteiger partial charge in [0.05, 0.1) is 30.2 Å². The number of anilines is 1. The van der Waals surface area contributed by atoms with E-state index in [2.05, 4.69) is 28.6 Å². The van der Waals surface area contributed by atoms with Crippen LogP contribution in [0.15, 0.2) is 36.4 Å². The monoisotopic (exact) mass is 701 g/mol. The lowest BCUT2D eigenvalue weighted by molar-refractivity contribution is -0.240. The van der Waals surface area contributed by atoms with Crippen LogP contribution in [0.4, 0.5) is 5.69 Å². The molecule has 0 unspecified atom stereocenters. The van der Waals surface area contributed by atoms with E-state index in [1.807, 2.05) is 37.3 Å². The fourth-order valence-corrected chi connectivity index (χ4v) is 9.61. The van der Waals surface area contributed by atoms with Gasteiger partial charge in [0.2, 0.25) is 10.0 Å². The van der Waals surface area contributed by atoms with Gasteiger partial charge < -0.3 is 24.0 Å². The van der Waals surface area contributed by atoms with Crippen molar-refractivity contribution in [3.63, 3.8) is 0 Å². The van der Waals surface area contributed by atoms with Gasteiger partial charge in [0, 0.05) is 29.6 Å². The molecule has 4 aliphatic rings. The fraction of sp³-hybridized carbons (Fsp3) is 0.649. The van der Waals surface area contributed by atoms with E-state index >= 15 is 0 Å². The lowest BCUT2D eigenvalue weighted by Crippen LogP contribution is -2.50. The van der Waals surface area contributed by atoms with Gasteiger partial charge in [-0.3, -0.25) is 4.79 Å². The molecule has 264 valence electrons. The molecular weight excluding hydrogens is 650 g/mol. The highest BCUT2D eigenvalue weighted by Gasteiger charge is 2.43. The zero-order chi connectivity index (χ0) is 33.8. The fourth-order valence-electron chi connectivity index (χ4n) is 7.96. The van der Waals surface area contributed by atoms with Crippen LogP contribution in [0.25, 0.3) is 0 Å². The number of aryl methyl sites for hydroxylation is 1. The molecule has 3 heterocycles. The minimum absolute atomic E-state index is 0.237. The number of rotatable bonds is 3. The molecule has 2 fully saturated rings. The number of fused-ring (bicyclic) bond motifs is 3. The molecule has 1 N–H and O–H groups in total. The third-order valence-electron chi connectivity index (χ3n) is 11.1. The van der Waals surface area contributed by atoms with Gasteiger partial charge in [0.1, 0.15) is 12.4 Å². The van der Waals surface area contributed by atoms with E-state index in [9.17, 15) is 13.2 Å². The summed E-state index contributed by atoms with van der Waals surface area (Å²) in [6, 6.07) is 11.5. The predicted molar refractivity (Wildman–Crippen MR) is 189 cm³/mol. The van der Waals surface area contributed by atoms with E-state index in [1.54, 1.807) is 6.07 Å². The van der Waals surface area contributed by atoms with Crippen molar-refractivity contribution >= 4 is 33.2 Å². The number of carbonyl (C=O) groups is 1. The Morgan fingerprint density at radius 2 is 1.73 bits per heavy atom. The highest BCUT2D eigenvalue weighted by molar-refractivity contribution is 7.90. The first-order valence-corrected chi connectivity index (χ1v) is 19.8.